The summed E-state index contributed by atoms with van der Waals surface area (Å²) in [6.07, 6.45) is 3.73. The number of hydrogen-bond acceptors (Lipinski definition) is 6. The third-order valence-electron chi connectivity index (χ3n) is 7.91. The first kappa shape index (κ1) is 26.6. The molecule has 1 amide bonds. The van der Waals surface area contributed by atoms with E-state index >= 15 is 0 Å². The zero-order chi connectivity index (χ0) is 27.5. The van der Waals surface area contributed by atoms with Crippen LogP contribution in [0.3, 0.4) is 0 Å². The number of nitrogens with zero attached hydrogens (tertiary/aromatic N) is 5. The molecule has 0 spiro atoms. The van der Waals surface area contributed by atoms with Crippen LogP contribution in [0.2, 0.25) is 0 Å². The van der Waals surface area contributed by atoms with E-state index in [1.54, 1.807) is 23.1 Å². The summed E-state index contributed by atoms with van der Waals surface area (Å²) < 4.78 is 31.9. The predicted octanol–water partition coefficient (Wildman–Crippen LogP) is 3.87. The molecular weight excluding hydrogens is 524 g/mol. The molecule has 3 heterocycles. The number of nitrogens with one attached hydrogen (secondary N) is 1. The number of carbonyl (C=O) groups is 1. The molecule has 0 bridgehead atoms. The van der Waals surface area contributed by atoms with Crippen LogP contribution in [0.15, 0.2) is 77.7 Å². The third-order valence-corrected chi connectivity index (χ3v) is 9.37. The second kappa shape index (κ2) is 11.5. The number of rotatable bonds is 8. The van der Waals surface area contributed by atoms with Gasteiger partial charge in [-0.25, -0.2) is 13.1 Å². The molecule has 2 aliphatic heterocycles. The Bertz CT molecular complexity index is 1600. The van der Waals surface area contributed by atoms with E-state index in [0.717, 1.165) is 47.6 Å². The van der Waals surface area contributed by atoms with Gasteiger partial charge in [-0.3, -0.25) is 9.69 Å². The molecule has 3 aromatic carbocycles. The minimum absolute atomic E-state index is 0.00555. The summed E-state index contributed by atoms with van der Waals surface area (Å²) in [5, 5.41) is 10.6. The summed E-state index contributed by atoms with van der Waals surface area (Å²) in [4.78, 5) is 17.9. The highest BCUT2D eigenvalue weighted by Crippen LogP contribution is 2.25. The van der Waals surface area contributed by atoms with Crippen molar-refractivity contribution >= 4 is 26.7 Å². The van der Waals surface area contributed by atoms with Crippen LogP contribution in [0.5, 0.6) is 0 Å². The van der Waals surface area contributed by atoms with Crippen molar-refractivity contribution in [2.75, 3.05) is 19.6 Å². The van der Waals surface area contributed by atoms with Gasteiger partial charge in [0.05, 0.1) is 24.0 Å². The number of hydrogen-bond donors (Lipinski definition) is 1. The molecule has 40 heavy (non-hydrogen) atoms. The van der Waals surface area contributed by atoms with E-state index in [2.05, 4.69) is 24.4 Å². The summed E-state index contributed by atoms with van der Waals surface area (Å²) in [5.41, 5.74) is 0.740. The van der Waals surface area contributed by atoms with Crippen molar-refractivity contribution in [3.63, 3.8) is 0 Å². The molecule has 9 nitrogen and oxygen atoms in total. The fourth-order valence-electron chi connectivity index (χ4n) is 5.67. The Hall–Kier alpha value is -3.60. The zero-order valence-electron chi connectivity index (χ0n) is 22.4. The Balaban J connectivity index is 1.17. The normalized spacial score (nSPS) is 17.1. The summed E-state index contributed by atoms with van der Waals surface area (Å²) in [6.45, 7) is 4.50. The molecule has 1 atom stereocenters. The summed E-state index contributed by atoms with van der Waals surface area (Å²) in [6, 6.07) is 21.3. The molecule has 10 heteroatoms. The summed E-state index contributed by atoms with van der Waals surface area (Å²) in [7, 11) is -3.89. The van der Waals surface area contributed by atoms with E-state index in [4.69, 9.17) is 0 Å². The van der Waals surface area contributed by atoms with Gasteiger partial charge in [0.1, 0.15) is 5.82 Å². The standard InChI is InChI=1S/C30H34N6O3S/c37-30(35-17-18-36-28(31-32-29(36)22-35)21-34-15-7-2-8-16-34)20-27(24-10-3-1-4-11-24)33-40(38,39)26-14-13-23-9-5-6-12-25(23)19-26/h1,3-6,9-14,19,27,33H,2,7-8,15-18,20-22H2/t27-/m1/s1. The second-order valence-electron chi connectivity index (χ2n) is 10.6. The zero-order valence-corrected chi connectivity index (χ0v) is 23.3. The quantitative estimate of drug-likeness (QED) is 0.353. The Morgan fingerprint density at radius 1 is 0.850 bits per heavy atom. The average molecular weight is 559 g/mol. The average Bonchev–Trinajstić information content (AvgIpc) is 3.39. The minimum Gasteiger partial charge on any atom is -0.333 e. The van der Waals surface area contributed by atoms with Crippen molar-refractivity contribution in [2.45, 2.75) is 56.3 Å². The molecule has 208 valence electrons. The lowest BCUT2D eigenvalue weighted by atomic mass is 10.0. The van der Waals surface area contributed by atoms with Crippen LogP contribution in [0, 0.1) is 0 Å². The van der Waals surface area contributed by atoms with Gasteiger partial charge in [-0.15, -0.1) is 10.2 Å². The van der Waals surface area contributed by atoms with E-state index in [1.807, 2.05) is 54.6 Å². The molecule has 6 rings (SSSR count). The van der Waals surface area contributed by atoms with Crippen LogP contribution in [0.1, 0.15) is 48.9 Å². The first-order valence-electron chi connectivity index (χ1n) is 13.9. The monoisotopic (exact) mass is 558 g/mol. The van der Waals surface area contributed by atoms with Crippen molar-refractivity contribution in [3.8, 4) is 0 Å². The van der Waals surface area contributed by atoms with E-state index in [1.165, 1.54) is 19.3 Å². The lowest BCUT2D eigenvalue weighted by Crippen LogP contribution is -2.41. The van der Waals surface area contributed by atoms with Gasteiger partial charge in [-0.05, 0) is 54.4 Å². The van der Waals surface area contributed by atoms with Gasteiger partial charge in [-0.1, -0.05) is 67.1 Å². The molecule has 4 aromatic rings. The Kier molecular flexibility index (Phi) is 7.64. The fraction of sp³-hybridized carbons (Fsp3) is 0.367. The molecule has 0 saturated carbocycles. The molecule has 1 N–H and O–H groups in total. The number of sulfonamides is 1. The molecule has 1 saturated heterocycles. The molecular formula is C30H34N6O3S. The van der Waals surface area contributed by atoms with Crippen molar-refractivity contribution in [1.29, 1.82) is 0 Å². The molecule has 0 radical (unpaired) electrons. The first-order valence-corrected chi connectivity index (χ1v) is 15.4. The molecule has 2 aliphatic rings. The van der Waals surface area contributed by atoms with Gasteiger partial charge in [0.25, 0.3) is 0 Å². The topological polar surface area (TPSA) is 100 Å². The largest absolute Gasteiger partial charge is 0.333 e. The highest BCUT2D eigenvalue weighted by atomic mass is 32.2. The van der Waals surface area contributed by atoms with Gasteiger partial charge in [0, 0.05) is 19.5 Å². The van der Waals surface area contributed by atoms with E-state index < -0.39 is 16.1 Å². The smallest absolute Gasteiger partial charge is 0.241 e. The highest BCUT2D eigenvalue weighted by Gasteiger charge is 2.29. The number of amides is 1. The molecule has 1 aromatic heterocycles. The lowest BCUT2D eigenvalue weighted by molar-refractivity contribution is -0.133. The second-order valence-corrected chi connectivity index (χ2v) is 12.3. The first-order chi connectivity index (χ1) is 19.5. The van der Waals surface area contributed by atoms with Crippen LogP contribution < -0.4 is 4.72 Å². The SMILES string of the molecule is O=C(C[C@@H](NS(=O)(=O)c1ccc2ccccc2c1)c1ccccc1)N1CCn2c(CN3CCCCC3)nnc2C1. The van der Waals surface area contributed by atoms with Crippen molar-refractivity contribution < 1.29 is 13.2 Å². The van der Waals surface area contributed by atoms with Gasteiger partial charge >= 0.3 is 0 Å². The van der Waals surface area contributed by atoms with Crippen molar-refractivity contribution in [3.05, 3.63) is 90.0 Å². The van der Waals surface area contributed by atoms with Crippen LogP contribution in [0.4, 0.5) is 0 Å². The Labute approximate surface area is 234 Å². The molecule has 1 fully saturated rings. The fourth-order valence-corrected chi connectivity index (χ4v) is 6.93. The van der Waals surface area contributed by atoms with Gasteiger partial charge in [-0.2, -0.15) is 0 Å². The maximum atomic E-state index is 13.5. The van der Waals surface area contributed by atoms with Crippen LogP contribution in [-0.2, 0) is 34.5 Å². The number of piperidine rings is 1. The number of fused-ring (bicyclic) bond motifs is 2. The maximum Gasteiger partial charge on any atom is 0.241 e. The van der Waals surface area contributed by atoms with Gasteiger partial charge in [0.15, 0.2) is 5.82 Å². The van der Waals surface area contributed by atoms with Crippen molar-refractivity contribution in [1.82, 2.24) is 29.3 Å². The number of benzene rings is 3. The highest BCUT2D eigenvalue weighted by molar-refractivity contribution is 7.89. The van der Waals surface area contributed by atoms with Crippen LogP contribution in [0.25, 0.3) is 10.8 Å². The number of likely N-dealkylation sites (tertiary alicyclic amines) is 1. The van der Waals surface area contributed by atoms with Crippen molar-refractivity contribution in [2.24, 2.45) is 0 Å². The van der Waals surface area contributed by atoms with E-state index in [0.29, 0.717) is 19.6 Å². The third kappa shape index (κ3) is 5.79. The maximum absolute atomic E-state index is 13.5. The molecule has 0 unspecified atom stereocenters. The van der Waals surface area contributed by atoms with Gasteiger partial charge in [0.2, 0.25) is 15.9 Å². The minimum atomic E-state index is -3.89. The van der Waals surface area contributed by atoms with Crippen LogP contribution >= 0.6 is 0 Å². The van der Waals surface area contributed by atoms with Crippen LogP contribution in [-0.4, -0.2) is 58.5 Å². The number of carbonyl (C=O) groups excluding carboxylic acids is 1. The summed E-state index contributed by atoms with van der Waals surface area (Å²) >= 11 is 0. The summed E-state index contributed by atoms with van der Waals surface area (Å²) in [5.74, 6) is 1.61. The van der Waals surface area contributed by atoms with Gasteiger partial charge < -0.3 is 9.47 Å². The lowest BCUT2D eigenvalue weighted by Gasteiger charge is -2.31. The van der Waals surface area contributed by atoms with E-state index in [-0.39, 0.29) is 17.2 Å². The Morgan fingerprint density at radius 2 is 1.60 bits per heavy atom. The van der Waals surface area contributed by atoms with E-state index in [9.17, 15) is 13.2 Å². The predicted molar refractivity (Wildman–Crippen MR) is 153 cm³/mol. The molecule has 0 aliphatic carbocycles. The number of aromatic nitrogens is 3. The Morgan fingerprint density at radius 3 is 2.40 bits per heavy atom.